The van der Waals surface area contributed by atoms with Crippen LogP contribution in [-0.4, -0.2) is 38.8 Å². The molecule has 0 amide bonds. The first kappa shape index (κ1) is 11.4. The van der Waals surface area contributed by atoms with Crippen molar-refractivity contribution in [1.82, 2.24) is 14.6 Å². The van der Waals surface area contributed by atoms with Crippen LogP contribution in [0.2, 0.25) is 0 Å². The zero-order chi connectivity index (χ0) is 12.4. The Morgan fingerprint density at radius 1 is 1.59 bits per heavy atom. The minimum absolute atomic E-state index is 0.517. The van der Waals surface area contributed by atoms with Gasteiger partial charge >= 0.3 is 5.97 Å². The molecule has 2 aromatic heterocycles. The van der Waals surface area contributed by atoms with Crippen molar-refractivity contribution in [3.8, 4) is 0 Å². The molecule has 1 atom stereocenters. The molecule has 0 fully saturated rings. The van der Waals surface area contributed by atoms with Crippen molar-refractivity contribution in [2.75, 3.05) is 11.9 Å². The zero-order valence-electron chi connectivity index (χ0n) is 9.74. The summed E-state index contributed by atoms with van der Waals surface area (Å²) in [6.07, 6.45) is 5.52. The molecule has 0 aliphatic carbocycles. The predicted octanol–water partition coefficient (Wildman–Crippen LogP) is 1.03. The summed E-state index contributed by atoms with van der Waals surface area (Å²) < 4.78 is 1.67. The van der Waals surface area contributed by atoms with Crippen LogP contribution < -0.4 is 4.90 Å². The van der Waals surface area contributed by atoms with Gasteiger partial charge in [0.1, 0.15) is 11.6 Å². The Kier molecular flexibility index (Phi) is 2.95. The minimum atomic E-state index is -0.849. The topological polar surface area (TPSA) is 70.7 Å². The van der Waals surface area contributed by atoms with Crippen molar-refractivity contribution in [3.05, 3.63) is 24.7 Å². The molecule has 0 spiro atoms. The molecule has 2 rings (SSSR count). The lowest BCUT2D eigenvalue weighted by Gasteiger charge is -2.25. The first-order chi connectivity index (χ1) is 8.15. The normalized spacial score (nSPS) is 12.6. The summed E-state index contributed by atoms with van der Waals surface area (Å²) >= 11 is 0. The molecule has 0 bridgehead atoms. The van der Waals surface area contributed by atoms with Gasteiger partial charge in [-0.1, -0.05) is 6.92 Å². The maximum atomic E-state index is 11.1. The number of aromatic nitrogens is 3. The van der Waals surface area contributed by atoms with E-state index in [1.807, 2.05) is 13.0 Å². The number of nitrogens with zero attached hydrogens (tertiary/aromatic N) is 4. The Balaban J connectivity index is 2.45. The van der Waals surface area contributed by atoms with Gasteiger partial charge in [0.05, 0.1) is 6.20 Å². The van der Waals surface area contributed by atoms with Crippen LogP contribution >= 0.6 is 0 Å². The first-order valence-corrected chi connectivity index (χ1v) is 5.39. The smallest absolute Gasteiger partial charge is 0.326 e. The number of rotatable bonds is 4. The number of carboxylic acids is 1. The molecule has 1 N–H and O–H groups in total. The number of aliphatic carboxylic acids is 1. The molecule has 2 heterocycles. The molecule has 17 heavy (non-hydrogen) atoms. The number of hydrogen-bond donors (Lipinski definition) is 1. The summed E-state index contributed by atoms with van der Waals surface area (Å²) in [7, 11) is 1.73. The van der Waals surface area contributed by atoms with E-state index in [4.69, 9.17) is 5.11 Å². The fourth-order valence-corrected chi connectivity index (χ4v) is 1.88. The van der Waals surface area contributed by atoms with Crippen molar-refractivity contribution >= 4 is 17.3 Å². The number of anilines is 1. The van der Waals surface area contributed by atoms with Crippen LogP contribution in [0.25, 0.3) is 5.52 Å². The van der Waals surface area contributed by atoms with Crippen molar-refractivity contribution in [2.24, 2.45) is 0 Å². The van der Waals surface area contributed by atoms with Crippen LogP contribution in [0, 0.1) is 0 Å². The lowest BCUT2D eigenvalue weighted by molar-refractivity contribution is -0.138. The molecule has 0 aliphatic rings. The van der Waals surface area contributed by atoms with Crippen molar-refractivity contribution in [2.45, 2.75) is 19.4 Å². The molecule has 1 unspecified atom stereocenters. The molecule has 0 aromatic carbocycles. The van der Waals surface area contributed by atoms with Crippen LogP contribution in [-0.2, 0) is 4.79 Å². The van der Waals surface area contributed by atoms with Crippen molar-refractivity contribution in [1.29, 1.82) is 0 Å². The van der Waals surface area contributed by atoms with Gasteiger partial charge in [-0.05, 0) is 12.5 Å². The van der Waals surface area contributed by atoms with Gasteiger partial charge in [-0.25, -0.2) is 14.3 Å². The molecule has 90 valence electrons. The number of carboxylic acid groups (broad SMARTS) is 1. The molecule has 0 radical (unpaired) electrons. The molecule has 6 heteroatoms. The van der Waals surface area contributed by atoms with Gasteiger partial charge in [-0.15, -0.1) is 0 Å². The fourth-order valence-electron chi connectivity index (χ4n) is 1.88. The van der Waals surface area contributed by atoms with Crippen LogP contribution in [0.15, 0.2) is 24.7 Å². The standard InChI is InChI=1S/C11H14N4O2/c1-3-8(11(16)17)14(2)10-9-4-5-13-15(9)7-6-12-10/h4-8H,3H2,1-2H3,(H,16,17). The van der Waals surface area contributed by atoms with Crippen molar-refractivity contribution < 1.29 is 9.90 Å². The minimum Gasteiger partial charge on any atom is -0.480 e. The van der Waals surface area contributed by atoms with E-state index in [2.05, 4.69) is 10.1 Å². The second kappa shape index (κ2) is 4.40. The first-order valence-electron chi connectivity index (χ1n) is 5.39. The van der Waals surface area contributed by atoms with Gasteiger partial charge in [0.2, 0.25) is 0 Å². The van der Waals surface area contributed by atoms with Gasteiger partial charge in [0.15, 0.2) is 5.82 Å². The average molecular weight is 234 g/mol. The highest BCUT2D eigenvalue weighted by atomic mass is 16.4. The third-order valence-corrected chi connectivity index (χ3v) is 2.78. The van der Waals surface area contributed by atoms with E-state index >= 15 is 0 Å². The number of hydrogen-bond acceptors (Lipinski definition) is 4. The van der Waals surface area contributed by atoms with Crippen LogP contribution in [0.4, 0.5) is 5.82 Å². The Hall–Kier alpha value is -2.11. The summed E-state index contributed by atoms with van der Waals surface area (Å²) in [4.78, 5) is 17.0. The SMILES string of the molecule is CCC(C(=O)O)N(C)c1nccn2nccc12. The van der Waals surface area contributed by atoms with Gasteiger partial charge in [-0.2, -0.15) is 5.10 Å². The Morgan fingerprint density at radius 3 is 3.00 bits per heavy atom. The molecule has 2 aromatic rings. The van der Waals surface area contributed by atoms with E-state index in [1.54, 1.807) is 35.1 Å². The van der Waals surface area contributed by atoms with E-state index < -0.39 is 12.0 Å². The average Bonchev–Trinajstić information content (AvgIpc) is 2.76. The second-order valence-electron chi connectivity index (χ2n) is 3.79. The Labute approximate surface area is 98.5 Å². The summed E-state index contributed by atoms with van der Waals surface area (Å²) in [6.45, 7) is 1.84. The predicted molar refractivity (Wildman–Crippen MR) is 63.1 cm³/mol. The van der Waals surface area contributed by atoms with E-state index in [0.29, 0.717) is 12.2 Å². The van der Waals surface area contributed by atoms with E-state index in [9.17, 15) is 4.79 Å². The van der Waals surface area contributed by atoms with Crippen LogP contribution in [0.1, 0.15) is 13.3 Å². The van der Waals surface area contributed by atoms with Crippen LogP contribution in [0.5, 0.6) is 0 Å². The third-order valence-electron chi connectivity index (χ3n) is 2.78. The highest BCUT2D eigenvalue weighted by molar-refractivity contribution is 5.80. The monoisotopic (exact) mass is 234 g/mol. The number of fused-ring (bicyclic) bond motifs is 1. The Morgan fingerprint density at radius 2 is 2.35 bits per heavy atom. The van der Waals surface area contributed by atoms with E-state index in [-0.39, 0.29) is 0 Å². The summed E-state index contributed by atoms with van der Waals surface area (Å²) in [5.41, 5.74) is 0.801. The van der Waals surface area contributed by atoms with Gasteiger partial charge in [0, 0.05) is 19.4 Å². The molecule has 0 saturated heterocycles. The molecule has 0 aliphatic heterocycles. The highest BCUT2D eigenvalue weighted by Crippen LogP contribution is 2.19. The van der Waals surface area contributed by atoms with E-state index in [1.165, 1.54) is 0 Å². The summed E-state index contributed by atoms with van der Waals surface area (Å²) in [5.74, 6) is -0.224. The molecule has 0 saturated carbocycles. The Bertz CT molecular complexity index is 537. The van der Waals surface area contributed by atoms with Crippen molar-refractivity contribution in [3.63, 3.8) is 0 Å². The summed E-state index contributed by atoms with van der Waals surface area (Å²) in [5, 5.41) is 13.2. The third kappa shape index (κ3) is 1.93. The fraction of sp³-hybridized carbons (Fsp3) is 0.364. The second-order valence-corrected chi connectivity index (χ2v) is 3.79. The zero-order valence-corrected chi connectivity index (χ0v) is 9.74. The molecular weight excluding hydrogens is 220 g/mol. The largest absolute Gasteiger partial charge is 0.480 e. The van der Waals surface area contributed by atoms with Gasteiger partial charge in [-0.3, -0.25) is 0 Å². The summed E-state index contributed by atoms with van der Waals surface area (Å²) in [6, 6.07) is 1.23. The maximum absolute atomic E-state index is 11.1. The quantitative estimate of drug-likeness (QED) is 0.855. The lowest BCUT2D eigenvalue weighted by Crippen LogP contribution is -2.38. The maximum Gasteiger partial charge on any atom is 0.326 e. The molecular formula is C11H14N4O2. The van der Waals surface area contributed by atoms with Gasteiger partial charge < -0.3 is 10.0 Å². The highest BCUT2D eigenvalue weighted by Gasteiger charge is 2.23. The molecule has 6 nitrogen and oxygen atoms in total. The van der Waals surface area contributed by atoms with Crippen LogP contribution in [0.3, 0.4) is 0 Å². The van der Waals surface area contributed by atoms with Gasteiger partial charge in [0.25, 0.3) is 0 Å². The number of carbonyl (C=O) groups is 1. The lowest BCUT2D eigenvalue weighted by atomic mass is 10.2. The van der Waals surface area contributed by atoms with E-state index in [0.717, 1.165) is 5.52 Å². The number of likely N-dealkylation sites (N-methyl/N-ethyl adjacent to an activating group) is 1.